The number of halogens is 2. The number of ketones is 1. The van der Waals surface area contributed by atoms with E-state index in [-0.39, 0.29) is 18.7 Å². The molecule has 0 heterocycles. The van der Waals surface area contributed by atoms with E-state index in [0.717, 1.165) is 6.07 Å². The molecule has 0 saturated heterocycles. The van der Waals surface area contributed by atoms with Crippen LogP contribution in [0.5, 0.6) is 0 Å². The summed E-state index contributed by atoms with van der Waals surface area (Å²) in [5.41, 5.74) is 0.374. The SMILES string of the molecule is CN(C)CC(=O)Cc1cc(F)cc(F)c1. The van der Waals surface area contributed by atoms with Gasteiger partial charge in [-0.3, -0.25) is 4.79 Å². The molecule has 4 heteroatoms. The zero-order chi connectivity index (χ0) is 11.4. The third-order valence-electron chi connectivity index (χ3n) is 1.82. The maximum absolute atomic E-state index is 12.8. The molecule has 0 spiro atoms. The molecule has 82 valence electrons. The topological polar surface area (TPSA) is 20.3 Å². The van der Waals surface area contributed by atoms with Crippen LogP contribution in [0.2, 0.25) is 0 Å². The molecule has 0 radical (unpaired) electrons. The summed E-state index contributed by atoms with van der Waals surface area (Å²) in [5.74, 6) is -1.37. The number of benzene rings is 1. The zero-order valence-electron chi connectivity index (χ0n) is 8.76. The van der Waals surface area contributed by atoms with Crippen LogP contribution in [0.1, 0.15) is 5.56 Å². The van der Waals surface area contributed by atoms with E-state index >= 15 is 0 Å². The molecule has 0 unspecified atom stereocenters. The van der Waals surface area contributed by atoms with Crippen LogP contribution in [0.4, 0.5) is 8.78 Å². The van der Waals surface area contributed by atoms with Crippen LogP contribution in [0.15, 0.2) is 18.2 Å². The number of rotatable bonds is 4. The first-order chi connectivity index (χ1) is 6.97. The molecule has 0 saturated carbocycles. The fraction of sp³-hybridized carbons (Fsp3) is 0.364. The number of carbonyl (C=O) groups is 1. The summed E-state index contributed by atoms with van der Waals surface area (Å²) in [6, 6.07) is 3.15. The highest BCUT2D eigenvalue weighted by atomic mass is 19.1. The van der Waals surface area contributed by atoms with Crippen molar-refractivity contribution in [3.8, 4) is 0 Å². The van der Waals surface area contributed by atoms with E-state index in [1.54, 1.807) is 19.0 Å². The van der Waals surface area contributed by atoms with Crippen LogP contribution < -0.4 is 0 Å². The first kappa shape index (κ1) is 11.8. The second kappa shape index (κ2) is 4.98. The monoisotopic (exact) mass is 213 g/mol. The van der Waals surface area contributed by atoms with Crippen LogP contribution in [0, 0.1) is 11.6 Å². The van der Waals surface area contributed by atoms with Crippen molar-refractivity contribution >= 4 is 5.78 Å². The van der Waals surface area contributed by atoms with Crippen molar-refractivity contribution in [2.45, 2.75) is 6.42 Å². The van der Waals surface area contributed by atoms with Gasteiger partial charge >= 0.3 is 0 Å². The average Bonchev–Trinajstić information content (AvgIpc) is 1.98. The van der Waals surface area contributed by atoms with Crippen molar-refractivity contribution in [2.75, 3.05) is 20.6 Å². The van der Waals surface area contributed by atoms with Gasteiger partial charge in [0.1, 0.15) is 11.6 Å². The molecule has 0 aliphatic rings. The Labute approximate surface area is 87.5 Å². The third-order valence-corrected chi connectivity index (χ3v) is 1.82. The first-order valence-corrected chi connectivity index (χ1v) is 4.59. The average molecular weight is 213 g/mol. The van der Waals surface area contributed by atoms with Crippen molar-refractivity contribution < 1.29 is 13.6 Å². The van der Waals surface area contributed by atoms with Gasteiger partial charge in [0.15, 0.2) is 5.78 Å². The summed E-state index contributed by atoms with van der Waals surface area (Å²) in [6.07, 6.45) is 0.0624. The molecular formula is C11H13F2NO. The van der Waals surface area contributed by atoms with E-state index in [0.29, 0.717) is 5.56 Å². The molecule has 0 atom stereocenters. The van der Waals surface area contributed by atoms with Crippen molar-refractivity contribution in [3.05, 3.63) is 35.4 Å². The minimum absolute atomic E-state index is 0.0624. The van der Waals surface area contributed by atoms with Crippen molar-refractivity contribution in [3.63, 3.8) is 0 Å². The standard InChI is InChI=1S/C11H13F2NO/c1-14(2)7-11(15)5-8-3-9(12)6-10(13)4-8/h3-4,6H,5,7H2,1-2H3. The van der Waals surface area contributed by atoms with Crippen LogP contribution in [0.3, 0.4) is 0 Å². The molecule has 1 aromatic rings. The number of hydrogen-bond donors (Lipinski definition) is 0. The first-order valence-electron chi connectivity index (χ1n) is 4.59. The van der Waals surface area contributed by atoms with E-state index < -0.39 is 11.6 Å². The van der Waals surface area contributed by atoms with Crippen LogP contribution in [-0.4, -0.2) is 31.3 Å². The van der Waals surface area contributed by atoms with Crippen molar-refractivity contribution in [1.82, 2.24) is 4.90 Å². The molecule has 2 nitrogen and oxygen atoms in total. The van der Waals surface area contributed by atoms with Crippen molar-refractivity contribution in [2.24, 2.45) is 0 Å². The van der Waals surface area contributed by atoms with Crippen LogP contribution in [-0.2, 0) is 11.2 Å². The van der Waals surface area contributed by atoms with Gasteiger partial charge < -0.3 is 4.90 Å². The smallest absolute Gasteiger partial charge is 0.151 e. The Morgan fingerprint density at radius 2 is 1.73 bits per heavy atom. The minimum atomic E-state index is -0.650. The van der Waals surface area contributed by atoms with Gasteiger partial charge in [-0.05, 0) is 31.8 Å². The molecule has 0 fully saturated rings. The summed E-state index contributed by atoms with van der Waals surface area (Å²) in [5, 5.41) is 0. The number of nitrogens with zero attached hydrogens (tertiary/aromatic N) is 1. The fourth-order valence-corrected chi connectivity index (χ4v) is 1.35. The summed E-state index contributed by atoms with van der Waals surface area (Å²) in [4.78, 5) is 13.1. The normalized spacial score (nSPS) is 10.7. The Morgan fingerprint density at radius 1 is 1.20 bits per heavy atom. The Kier molecular flexibility index (Phi) is 3.91. The lowest BCUT2D eigenvalue weighted by atomic mass is 10.1. The second-order valence-electron chi connectivity index (χ2n) is 3.73. The highest BCUT2D eigenvalue weighted by Gasteiger charge is 2.07. The maximum atomic E-state index is 12.8. The third kappa shape index (κ3) is 4.16. The number of Topliss-reactive ketones (excluding diaryl/α,β-unsaturated/α-hetero) is 1. The number of carbonyl (C=O) groups excluding carboxylic acids is 1. The molecule has 0 bridgehead atoms. The lowest BCUT2D eigenvalue weighted by molar-refractivity contribution is -0.119. The van der Waals surface area contributed by atoms with E-state index in [1.807, 2.05) is 0 Å². The van der Waals surface area contributed by atoms with Crippen molar-refractivity contribution in [1.29, 1.82) is 0 Å². The van der Waals surface area contributed by atoms with Gasteiger partial charge in [-0.2, -0.15) is 0 Å². The number of likely N-dealkylation sites (N-methyl/N-ethyl adjacent to an activating group) is 1. The molecule has 0 aliphatic carbocycles. The second-order valence-corrected chi connectivity index (χ2v) is 3.73. The van der Waals surface area contributed by atoms with Gasteiger partial charge in [0, 0.05) is 12.5 Å². The highest BCUT2D eigenvalue weighted by molar-refractivity contribution is 5.82. The van der Waals surface area contributed by atoms with E-state index in [9.17, 15) is 13.6 Å². The molecular weight excluding hydrogens is 200 g/mol. The predicted molar refractivity (Wildman–Crippen MR) is 53.6 cm³/mol. The predicted octanol–water partition coefficient (Wildman–Crippen LogP) is 1.64. The Morgan fingerprint density at radius 3 is 2.20 bits per heavy atom. The largest absolute Gasteiger partial charge is 0.302 e. The molecule has 15 heavy (non-hydrogen) atoms. The highest BCUT2D eigenvalue weighted by Crippen LogP contribution is 2.08. The van der Waals surface area contributed by atoms with Gasteiger partial charge in [0.25, 0.3) is 0 Å². The van der Waals surface area contributed by atoms with Gasteiger partial charge in [-0.1, -0.05) is 0 Å². The fourth-order valence-electron chi connectivity index (χ4n) is 1.35. The molecule has 0 aromatic heterocycles. The molecule has 0 N–H and O–H groups in total. The summed E-state index contributed by atoms with van der Waals surface area (Å²) in [6.45, 7) is 0.276. The lowest BCUT2D eigenvalue weighted by Gasteiger charge is -2.08. The van der Waals surface area contributed by atoms with Gasteiger partial charge in [-0.25, -0.2) is 8.78 Å². The van der Waals surface area contributed by atoms with Crippen LogP contribution >= 0.6 is 0 Å². The Hall–Kier alpha value is -1.29. The molecule has 1 rings (SSSR count). The maximum Gasteiger partial charge on any atom is 0.151 e. The quantitative estimate of drug-likeness (QED) is 0.757. The van der Waals surface area contributed by atoms with Crippen LogP contribution in [0.25, 0.3) is 0 Å². The van der Waals surface area contributed by atoms with E-state index in [4.69, 9.17) is 0 Å². The Bertz CT molecular complexity index is 343. The zero-order valence-corrected chi connectivity index (χ0v) is 8.76. The summed E-state index contributed by atoms with van der Waals surface area (Å²) >= 11 is 0. The van der Waals surface area contributed by atoms with Gasteiger partial charge in [-0.15, -0.1) is 0 Å². The summed E-state index contributed by atoms with van der Waals surface area (Å²) in [7, 11) is 3.54. The molecule has 1 aromatic carbocycles. The van der Waals surface area contributed by atoms with Gasteiger partial charge in [0.05, 0.1) is 6.54 Å². The Balaban J connectivity index is 2.68. The summed E-state index contributed by atoms with van der Waals surface area (Å²) < 4.78 is 25.6. The van der Waals surface area contributed by atoms with E-state index in [1.165, 1.54) is 12.1 Å². The minimum Gasteiger partial charge on any atom is -0.302 e. The van der Waals surface area contributed by atoms with E-state index in [2.05, 4.69) is 0 Å². The van der Waals surface area contributed by atoms with Gasteiger partial charge in [0.2, 0.25) is 0 Å². The lowest BCUT2D eigenvalue weighted by Crippen LogP contribution is -2.23. The number of hydrogen-bond acceptors (Lipinski definition) is 2. The molecule has 0 amide bonds. The molecule has 0 aliphatic heterocycles.